The van der Waals surface area contributed by atoms with Gasteiger partial charge in [0.05, 0.1) is 0 Å². The maximum atomic E-state index is 2.47. The van der Waals surface area contributed by atoms with Crippen molar-refractivity contribution in [3.05, 3.63) is 0 Å². The van der Waals surface area contributed by atoms with E-state index in [1.54, 1.807) is 6.42 Å². The molecule has 0 N–H and O–H groups in total. The van der Waals surface area contributed by atoms with Crippen molar-refractivity contribution in [3.8, 4) is 0 Å². The third kappa shape index (κ3) is 5.92. The predicted molar refractivity (Wildman–Crippen MR) is 73.6 cm³/mol. The quantitative estimate of drug-likeness (QED) is 0.443. The highest BCUT2D eigenvalue weighted by atomic mass is 14.4. The Hall–Kier alpha value is 0. The van der Waals surface area contributed by atoms with Crippen molar-refractivity contribution in [2.24, 2.45) is 23.7 Å². The van der Waals surface area contributed by atoms with Crippen LogP contribution in [-0.2, 0) is 0 Å². The summed E-state index contributed by atoms with van der Waals surface area (Å²) in [6, 6.07) is 0. The second kappa shape index (κ2) is 7.35. The van der Waals surface area contributed by atoms with Gasteiger partial charge in [-0.15, -0.1) is 0 Å². The molecule has 0 bridgehead atoms. The summed E-state index contributed by atoms with van der Waals surface area (Å²) in [5, 5.41) is 0. The molecule has 0 aromatic heterocycles. The molecule has 0 aromatic rings. The molecular formula is C16H32. The highest BCUT2D eigenvalue weighted by Crippen LogP contribution is 2.47. The lowest BCUT2D eigenvalue weighted by Gasteiger charge is -2.10. The van der Waals surface area contributed by atoms with Crippen LogP contribution in [0.2, 0.25) is 0 Å². The Morgan fingerprint density at radius 3 is 2.38 bits per heavy atom. The van der Waals surface area contributed by atoms with Gasteiger partial charge < -0.3 is 0 Å². The van der Waals surface area contributed by atoms with E-state index in [9.17, 15) is 0 Å². The van der Waals surface area contributed by atoms with E-state index in [1.165, 1.54) is 44.9 Å². The Bertz CT molecular complexity index is 171. The lowest BCUT2D eigenvalue weighted by molar-refractivity contribution is 0.415. The Labute approximate surface area is 103 Å². The minimum absolute atomic E-state index is 0.906. The summed E-state index contributed by atoms with van der Waals surface area (Å²) in [6.07, 6.45) is 11.8. The van der Waals surface area contributed by atoms with Crippen molar-refractivity contribution in [2.45, 2.75) is 79.1 Å². The first-order valence-corrected chi connectivity index (χ1v) is 7.63. The SMILES string of the molecule is CCCCCC(C)CC1CC1CCC(C)C. The zero-order chi connectivity index (χ0) is 12.0. The maximum absolute atomic E-state index is 2.47. The minimum atomic E-state index is 0.906. The monoisotopic (exact) mass is 224 g/mol. The van der Waals surface area contributed by atoms with Crippen molar-refractivity contribution in [1.82, 2.24) is 0 Å². The molecule has 0 nitrogen and oxygen atoms in total. The molecule has 0 aromatic carbocycles. The van der Waals surface area contributed by atoms with Crippen molar-refractivity contribution >= 4 is 0 Å². The van der Waals surface area contributed by atoms with Gasteiger partial charge in [0.1, 0.15) is 0 Å². The van der Waals surface area contributed by atoms with E-state index < -0.39 is 0 Å². The van der Waals surface area contributed by atoms with Crippen LogP contribution in [0.5, 0.6) is 0 Å². The Balaban J connectivity index is 1.98. The molecule has 0 spiro atoms. The summed E-state index contributed by atoms with van der Waals surface area (Å²) in [5.74, 6) is 4.11. The van der Waals surface area contributed by atoms with Crippen LogP contribution in [0.3, 0.4) is 0 Å². The van der Waals surface area contributed by atoms with E-state index in [4.69, 9.17) is 0 Å². The first kappa shape index (κ1) is 14.1. The van der Waals surface area contributed by atoms with Crippen LogP contribution < -0.4 is 0 Å². The highest BCUT2D eigenvalue weighted by Gasteiger charge is 2.36. The van der Waals surface area contributed by atoms with Crippen molar-refractivity contribution < 1.29 is 0 Å². The van der Waals surface area contributed by atoms with E-state index in [0.29, 0.717) is 0 Å². The van der Waals surface area contributed by atoms with Gasteiger partial charge in [0.15, 0.2) is 0 Å². The van der Waals surface area contributed by atoms with Crippen LogP contribution in [0.4, 0.5) is 0 Å². The van der Waals surface area contributed by atoms with Crippen molar-refractivity contribution in [1.29, 1.82) is 0 Å². The number of hydrogen-bond donors (Lipinski definition) is 0. The highest BCUT2D eigenvalue weighted by molar-refractivity contribution is 4.87. The third-order valence-corrected chi connectivity index (χ3v) is 4.19. The molecule has 1 fully saturated rings. The average molecular weight is 224 g/mol. The molecule has 96 valence electrons. The summed E-state index contributed by atoms with van der Waals surface area (Å²) in [6.45, 7) is 9.47. The molecule has 0 aliphatic heterocycles. The van der Waals surface area contributed by atoms with Crippen LogP contribution in [-0.4, -0.2) is 0 Å². The average Bonchev–Trinajstić information content (AvgIpc) is 2.94. The first-order chi connectivity index (χ1) is 7.63. The number of hydrogen-bond acceptors (Lipinski definition) is 0. The summed E-state index contributed by atoms with van der Waals surface area (Å²) in [7, 11) is 0. The minimum Gasteiger partial charge on any atom is -0.0654 e. The molecular weight excluding hydrogens is 192 g/mol. The van der Waals surface area contributed by atoms with Gasteiger partial charge >= 0.3 is 0 Å². The molecule has 0 heteroatoms. The van der Waals surface area contributed by atoms with E-state index >= 15 is 0 Å². The van der Waals surface area contributed by atoms with Gasteiger partial charge in [0.2, 0.25) is 0 Å². The zero-order valence-corrected chi connectivity index (χ0v) is 12.0. The Kier molecular flexibility index (Phi) is 6.46. The fourth-order valence-electron chi connectivity index (χ4n) is 2.88. The summed E-state index contributed by atoms with van der Waals surface area (Å²) in [5.41, 5.74) is 0. The zero-order valence-electron chi connectivity index (χ0n) is 12.0. The lowest BCUT2D eigenvalue weighted by Crippen LogP contribution is -1.98. The molecule has 0 radical (unpaired) electrons. The van der Waals surface area contributed by atoms with Gasteiger partial charge in [-0.05, 0) is 42.9 Å². The topological polar surface area (TPSA) is 0 Å². The molecule has 0 heterocycles. The molecule has 1 aliphatic rings. The smallest absolute Gasteiger partial charge is 0.0380 e. The molecule has 3 unspecified atom stereocenters. The Morgan fingerprint density at radius 1 is 1.00 bits per heavy atom. The largest absolute Gasteiger partial charge is 0.0654 e. The fourth-order valence-corrected chi connectivity index (χ4v) is 2.88. The molecule has 1 aliphatic carbocycles. The summed E-state index contributed by atoms with van der Waals surface area (Å²) < 4.78 is 0. The van der Waals surface area contributed by atoms with E-state index in [1.807, 2.05) is 0 Å². The van der Waals surface area contributed by atoms with Crippen LogP contribution in [0.1, 0.15) is 79.1 Å². The van der Waals surface area contributed by atoms with Gasteiger partial charge in [-0.3, -0.25) is 0 Å². The van der Waals surface area contributed by atoms with Crippen molar-refractivity contribution in [2.75, 3.05) is 0 Å². The van der Waals surface area contributed by atoms with E-state index in [2.05, 4.69) is 27.7 Å². The predicted octanol–water partition coefficient (Wildman–Crippen LogP) is 5.67. The van der Waals surface area contributed by atoms with Crippen LogP contribution >= 0.6 is 0 Å². The maximum Gasteiger partial charge on any atom is -0.0380 e. The lowest BCUT2D eigenvalue weighted by atomic mass is 9.95. The molecule has 0 saturated heterocycles. The van der Waals surface area contributed by atoms with Gasteiger partial charge in [0, 0.05) is 0 Å². The summed E-state index contributed by atoms with van der Waals surface area (Å²) >= 11 is 0. The second-order valence-corrected chi connectivity index (χ2v) is 6.56. The molecule has 16 heavy (non-hydrogen) atoms. The van der Waals surface area contributed by atoms with Gasteiger partial charge in [-0.2, -0.15) is 0 Å². The molecule has 1 rings (SSSR count). The number of unbranched alkanes of at least 4 members (excludes halogenated alkanes) is 2. The van der Waals surface area contributed by atoms with Crippen LogP contribution in [0, 0.1) is 23.7 Å². The third-order valence-electron chi connectivity index (χ3n) is 4.19. The van der Waals surface area contributed by atoms with Crippen LogP contribution in [0.25, 0.3) is 0 Å². The normalized spacial score (nSPS) is 26.1. The standard InChI is InChI=1S/C16H32/c1-5-6-7-8-14(4)11-16-12-15(16)10-9-13(2)3/h13-16H,5-12H2,1-4H3. The molecule has 1 saturated carbocycles. The van der Waals surface area contributed by atoms with Crippen LogP contribution in [0.15, 0.2) is 0 Å². The Morgan fingerprint density at radius 2 is 1.75 bits per heavy atom. The summed E-state index contributed by atoms with van der Waals surface area (Å²) in [4.78, 5) is 0. The number of rotatable bonds is 9. The van der Waals surface area contributed by atoms with E-state index in [-0.39, 0.29) is 0 Å². The van der Waals surface area contributed by atoms with Gasteiger partial charge in [0.25, 0.3) is 0 Å². The molecule has 3 atom stereocenters. The first-order valence-electron chi connectivity index (χ1n) is 7.63. The van der Waals surface area contributed by atoms with Gasteiger partial charge in [-0.25, -0.2) is 0 Å². The van der Waals surface area contributed by atoms with Gasteiger partial charge in [-0.1, -0.05) is 59.8 Å². The molecule has 0 amide bonds. The van der Waals surface area contributed by atoms with E-state index in [0.717, 1.165) is 23.7 Å². The van der Waals surface area contributed by atoms with Crippen molar-refractivity contribution in [3.63, 3.8) is 0 Å². The second-order valence-electron chi connectivity index (χ2n) is 6.56. The fraction of sp³-hybridized carbons (Fsp3) is 1.00.